The van der Waals surface area contributed by atoms with Crippen LogP contribution in [0.2, 0.25) is 0 Å². The number of halogens is 1. The smallest absolute Gasteiger partial charge is 0.322 e. The van der Waals surface area contributed by atoms with Crippen molar-refractivity contribution in [1.82, 2.24) is 0 Å². The van der Waals surface area contributed by atoms with Gasteiger partial charge in [0.2, 0.25) is 0 Å². The van der Waals surface area contributed by atoms with Crippen molar-refractivity contribution in [3.63, 3.8) is 0 Å². The number of ether oxygens (including phenoxy) is 2. The molecular formula is C15H21BrO3. The van der Waals surface area contributed by atoms with E-state index in [2.05, 4.69) is 54.4 Å². The Kier molecular flexibility index (Phi) is 5.41. The molecule has 0 saturated carbocycles. The fourth-order valence-electron chi connectivity index (χ4n) is 1.71. The predicted molar refractivity (Wildman–Crippen MR) is 80.1 cm³/mol. The summed E-state index contributed by atoms with van der Waals surface area (Å²) in [5.74, 6) is 0.482. The Morgan fingerprint density at radius 1 is 1.37 bits per heavy atom. The van der Waals surface area contributed by atoms with Gasteiger partial charge in [-0.3, -0.25) is 4.79 Å². The molecule has 1 unspecified atom stereocenters. The van der Waals surface area contributed by atoms with Gasteiger partial charge < -0.3 is 9.47 Å². The number of hydrogen-bond donors (Lipinski definition) is 0. The van der Waals surface area contributed by atoms with Gasteiger partial charge in [-0.2, -0.15) is 0 Å². The summed E-state index contributed by atoms with van der Waals surface area (Å²) in [7, 11) is 1.36. The second-order valence-corrected chi connectivity index (χ2v) is 6.66. The number of methoxy groups -OCH3 is 1. The lowest BCUT2D eigenvalue weighted by atomic mass is 9.85. The first-order valence-corrected chi connectivity index (χ1v) is 7.13. The summed E-state index contributed by atoms with van der Waals surface area (Å²) >= 11 is 3.25. The summed E-state index contributed by atoms with van der Waals surface area (Å²) in [6.45, 7) is 8.72. The Morgan fingerprint density at radius 2 is 2.00 bits per heavy atom. The Balaban J connectivity index is 2.87. The van der Waals surface area contributed by atoms with Crippen molar-refractivity contribution in [2.45, 2.75) is 37.9 Å². The highest BCUT2D eigenvalue weighted by molar-refractivity contribution is 9.10. The van der Waals surface area contributed by atoms with E-state index in [9.17, 15) is 4.79 Å². The molecule has 0 radical (unpaired) electrons. The van der Waals surface area contributed by atoms with Gasteiger partial charge in [0.15, 0.2) is 0 Å². The van der Waals surface area contributed by atoms with Crippen LogP contribution in [0, 0.1) is 6.92 Å². The fourth-order valence-corrected chi connectivity index (χ4v) is 2.03. The third kappa shape index (κ3) is 4.53. The van der Waals surface area contributed by atoms with Crippen LogP contribution in [0.25, 0.3) is 0 Å². The maximum atomic E-state index is 11.3. The van der Waals surface area contributed by atoms with Crippen LogP contribution in [0.15, 0.2) is 18.2 Å². The number of benzene rings is 1. The van der Waals surface area contributed by atoms with E-state index in [1.165, 1.54) is 12.7 Å². The largest absolute Gasteiger partial charge is 0.491 e. The molecule has 3 nitrogen and oxygen atoms in total. The van der Waals surface area contributed by atoms with Crippen molar-refractivity contribution in [3.05, 3.63) is 29.3 Å². The highest BCUT2D eigenvalue weighted by atomic mass is 79.9. The molecular weight excluding hydrogens is 308 g/mol. The predicted octanol–water partition coefficient (Wildman–Crippen LogP) is 3.61. The number of carbonyl (C=O) groups is 1. The Bertz CT molecular complexity index is 449. The van der Waals surface area contributed by atoms with Gasteiger partial charge in [0.05, 0.1) is 7.11 Å². The SMILES string of the molecule is COC(=O)C(Br)COc1ccc(C)cc1C(C)(C)C. The molecule has 0 aliphatic rings. The van der Waals surface area contributed by atoms with Crippen LogP contribution >= 0.6 is 15.9 Å². The molecule has 0 spiro atoms. The number of hydrogen-bond acceptors (Lipinski definition) is 3. The van der Waals surface area contributed by atoms with Crippen LogP contribution < -0.4 is 4.74 Å². The average Bonchev–Trinajstić information content (AvgIpc) is 2.34. The molecule has 0 aliphatic carbocycles. The van der Waals surface area contributed by atoms with Crippen LogP contribution in [0.1, 0.15) is 31.9 Å². The summed E-state index contributed by atoms with van der Waals surface area (Å²) in [4.78, 5) is 10.9. The second-order valence-electron chi connectivity index (χ2n) is 5.55. The second kappa shape index (κ2) is 6.42. The average molecular weight is 329 g/mol. The van der Waals surface area contributed by atoms with E-state index in [-0.39, 0.29) is 18.0 Å². The first-order valence-electron chi connectivity index (χ1n) is 6.21. The molecule has 4 heteroatoms. The quantitative estimate of drug-likeness (QED) is 0.625. The molecule has 106 valence electrons. The highest BCUT2D eigenvalue weighted by Crippen LogP contribution is 2.32. The van der Waals surface area contributed by atoms with Crippen LogP contribution in [0.4, 0.5) is 0 Å². The van der Waals surface area contributed by atoms with Gasteiger partial charge in [-0.15, -0.1) is 0 Å². The zero-order valence-corrected chi connectivity index (χ0v) is 13.7. The molecule has 0 fully saturated rings. The summed E-state index contributed by atoms with van der Waals surface area (Å²) in [5, 5.41) is 0. The Hall–Kier alpha value is -1.03. The van der Waals surface area contributed by atoms with E-state index in [1.54, 1.807) is 0 Å². The first-order chi connectivity index (χ1) is 8.75. The maximum absolute atomic E-state index is 11.3. The molecule has 0 saturated heterocycles. The van der Waals surface area contributed by atoms with Gasteiger partial charge in [0.1, 0.15) is 17.2 Å². The molecule has 0 heterocycles. The topological polar surface area (TPSA) is 35.5 Å². The molecule has 0 bridgehead atoms. The molecule has 1 aromatic carbocycles. The minimum absolute atomic E-state index is 0.00553. The minimum Gasteiger partial charge on any atom is -0.491 e. The van der Waals surface area contributed by atoms with Crippen molar-refractivity contribution in [2.24, 2.45) is 0 Å². The summed E-state index contributed by atoms with van der Waals surface area (Å²) in [5.41, 5.74) is 2.33. The summed E-state index contributed by atoms with van der Waals surface area (Å²) in [6.07, 6.45) is 0. The molecule has 0 aromatic heterocycles. The maximum Gasteiger partial charge on any atom is 0.322 e. The van der Waals surface area contributed by atoms with E-state index in [0.717, 1.165) is 11.3 Å². The normalized spacial score (nSPS) is 12.9. The number of carbonyl (C=O) groups excluding carboxylic acids is 1. The number of aryl methyl sites for hydroxylation is 1. The van der Waals surface area contributed by atoms with E-state index in [4.69, 9.17) is 4.74 Å². The van der Waals surface area contributed by atoms with Crippen LogP contribution in [0.5, 0.6) is 5.75 Å². The van der Waals surface area contributed by atoms with Crippen LogP contribution in [-0.2, 0) is 14.9 Å². The molecule has 19 heavy (non-hydrogen) atoms. The Labute approximate surface area is 123 Å². The monoisotopic (exact) mass is 328 g/mol. The lowest BCUT2D eigenvalue weighted by Gasteiger charge is -2.23. The minimum atomic E-state index is -0.452. The van der Waals surface area contributed by atoms with Gasteiger partial charge in [-0.25, -0.2) is 0 Å². The number of alkyl halides is 1. The van der Waals surface area contributed by atoms with E-state index >= 15 is 0 Å². The summed E-state index contributed by atoms with van der Waals surface area (Å²) < 4.78 is 10.4. The molecule has 1 aromatic rings. The van der Waals surface area contributed by atoms with Crippen molar-refractivity contribution in [3.8, 4) is 5.75 Å². The van der Waals surface area contributed by atoms with Crippen LogP contribution in [0.3, 0.4) is 0 Å². The molecule has 0 amide bonds. The van der Waals surface area contributed by atoms with E-state index < -0.39 is 4.83 Å². The van der Waals surface area contributed by atoms with E-state index in [0.29, 0.717) is 0 Å². The highest BCUT2D eigenvalue weighted by Gasteiger charge is 2.21. The molecule has 0 N–H and O–H groups in total. The van der Waals surface area contributed by atoms with E-state index in [1.807, 2.05) is 12.1 Å². The zero-order valence-electron chi connectivity index (χ0n) is 12.1. The van der Waals surface area contributed by atoms with Gasteiger partial charge >= 0.3 is 5.97 Å². The third-order valence-corrected chi connectivity index (χ3v) is 3.42. The molecule has 0 aliphatic heterocycles. The zero-order chi connectivity index (χ0) is 14.6. The third-order valence-electron chi connectivity index (χ3n) is 2.79. The Morgan fingerprint density at radius 3 is 2.53 bits per heavy atom. The standard InChI is InChI=1S/C15H21BrO3/c1-10-6-7-13(11(8-10)15(2,3)4)19-9-12(16)14(17)18-5/h6-8,12H,9H2,1-5H3. The number of rotatable bonds is 4. The number of esters is 1. The lowest BCUT2D eigenvalue weighted by molar-refractivity contribution is -0.140. The molecule has 1 rings (SSSR count). The van der Waals surface area contributed by atoms with Crippen LogP contribution in [-0.4, -0.2) is 24.5 Å². The summed E-state index contributed by atoms with van der Waals surface area (Å²) in [6, 6.07) is 6.08. The fraction of sp³-hybridized carbons (Fsp3) is 0.533. The van der Waals surface area contributed by atoms with Crippen molar-refractivity contribution in [1.29, 1.82) is 0 Å². The van der Waals surface area contributed by atoms with Gasteiger partial charge in [-0.1, -0.05) is 54.4 Å². The van der Waals surface area contributed by atoms with Gasteiger partial charge in [-0.05, 0) is 24.0 Å². The molecule has 1 atom stereocenters. The first kappa shape index (κ1) is 16.0. The van der Waals surface area contributed by atoms with Crippen molar-refractivity contribution >= 4 is 21.9 Å². The van der Waals surface area contributed by atoms with Gasteiger partial charge in [0, 0.05) is 0 Å². The van der Waals surface area contributed by atoms with Crippen molar-refractivity contribution in [2.75, 3.05) is 13.7 Å². The lowest BCUT2D eigenvalue weighted by Crippen LogP contribution is -2.24. The van der Waals surface area contributed by atoms with Crippen molar-refractivity contribution < 1.29 is 14.3 Å². The van der Waals surface area contributed by atoms with Gasteiger partial charge in [0.25, 0.3) is 0 Å².